The van der Waals surface area contributed by atoms with Crippen LogP contribution in [0, 0.1) is 5.92 Å². The van der Waals surface area contributed by atoms with Gasteiger partial charge in [0.1, 0.15) is 0 Å². The molecule has 2 N–H and O–H groups in total. The van der Waals surface area contributed by atoms with Gasteiger partial charge in [-0.1, -0.05) is 36.8 Å². The lowest BCUT2D eigenvalue weighted by Gasteiger charge is -2.17. The molecule has 0 aromatic heterocycles. The van der Waals surface area contributed by atoms with Crippen molar-refractivity contribution in [3.05, 3.63) is 35.9 Å². The van der Waals surface area contributed by atoms with Gasteiger partial charge in [0.15, 0.2) is 0 Å². The largest absolute Gasteiger partial charge is 0.330 e. The van der Waals surface area contributed by atoms with Gasteiger partial charge in [0.05, 0.1) is 0 Å². The molecule has 0 bridgehead atoms. The maximum Gasteiger partial charge on any atom is -0.00430 e. The lowest BCUT2D eigenvalue weighted by atomic mass is 9.89. The molecule has 14 heavy (non-hydrogen) atoms. The molecular weight excluding hydrogens is 194 g/mol. The Morgan fingerprint density at radius 2 is 1.86 bits per heavy atom. The first kappa shape index (κ1) is 11.5. The normalized spacial score (nSPS) is 25.8. The van der Waals surface area contributed by atoms with E-state index in [4.69, 9.17) is 5.73 Å². The minimum atomic E-state index is 0. The van der Waals surface area contributed by atoms with Crippen molar-refractivity contribution >= 4 is 12.4 Å². The van der Waals surface area contributed by atoms with Crippen LogP contribution in [-0.2, 0) is 0 Å². The molecule has 1 fully saturated rings. The van der Waals surface area contributed by atoms with E-state index < -0.39 is 0 Å². The van der Waals surface area contributed by atoms with Crippen LogP contribution in [0.15, 0.2) is 30.3 Å². The van der Waals surface area contributed by atoms with Gasteiger partial charge >= 0.3 is 0 Å². The number of rotatable bonds is 2. The molecule has 2 heteroatoms. The zero-order valence-corrected chi connectivity index (χ0v) is 9.17. The number of nitrogens with two attached hydrogens (primary N) is 1. The number of hydrogen-bond donors (Lipinski definition) is 1. The molecule has 0 radical (unpaired) electrons. The summed E-state index contributed by atoms with van der Waals surface area (Å²) in [6.07, 6.45) is 3.99. The molecule has 2 rings (SSSR count). The molecule has 1 aliphatic carbocycles. The zero-order chi connectivity index (χ0) is 9.10. The van der Waals surface area contributed by atoms with E-state index >= 15 is 0 Å². The highest BCUT2D eigenvalue weighted by molar-refractivity contribution is 5.85. The topological polar surface area (TPSA) is 26.0 Å². The third-order valence-electron chi connectivity index (χ3n) is 3.19. The second-order valence-electron chi connectivity index (χ2n) is 3.94. The molecule has 0 spiro atoms. The van der Waals surface area contributed by atoms with E-state index in [2.05, 4.69) is 30.3 Å². The van der Waals surface area contributed by atoms with Crippen molar-refractivity contribution in [2.24, 2.45) is 11.7 Å². The molecule has 2 unspecified atom stereocenters. The highest BCUT2D eigenvalue weighted by Crippen LogP contribution is 2.38. The lowest BCUT2D eigenvalue weighted by molar-refractivity contribution is 0.496. The molecule has 0 saturated heterocycles. The fraction of sp³-hybridized carbons (Fsp3) is 0.500. The smallest absolute Gasteiger partial charge is 0.00430 e. The summed E-state index contributed by atoms with van der Waals surface area (Å²) in [5.74, 6) is 1.45. The van der Waals surface area contributed by atoms with E-state index in [0.717, 1.165) is 18.4 Å². The molecule has 2 atom stereocenters. The number of hydrogen-bond acceptors (Lipinski definition) is 1. The van der Waals surface area contributed by atoms with Crippen molar-refractivity contribution in [2.75, 3.05) is 6.54 Å². The maximum atomic E-state index is 5.76. The summed E-state index contributed by atoms with van der Waals surface area (Å²) >= 11 is 0. The summed E-state index contributed by atoms with van der Waals surface area (Å²) in [4.78, 5) is 0. The van der Waals surface area contributed by atoms with Gasteiger partial charge in [-0.3, -0.25) is 0 Å². The fourth-order valence-corrected chi connectivity index (χ4v) is 2.46. The fourth-order valence-electron chi connectivity index (χ4n) is 2.46. The minimum Gasteiger partial charge on any atom is -0.330 e. The van der Waals surface area contributed by atoms with E-state index in [1.165, 1.54) is 24.8 Å². The average Bonchev–Trinajstić information content (AvgIpc) is 2.67. The Morgan fingerprint density at radius 3 is 2.50 bits per heavy atom. The van der Waals surface area contributed by atoms with Gasteiger partial charge in [-0.15, -0.1) is 12.4 Å². The third kappa shape index (κ3) is 2.28. The second kappa shape index (κ2) is 5.38. The molecular formula is C12H18ClN. The molecule has 78 valence electrons. The molecule has 0 heterocycles. The minimum absolute atomic E-state index is 0. The Labute approximate surface area is 92.1 Å². The van der Waals surface area contributed by atoms with Gasteiger partial charge in [-0.2, -0.15) is 0 Å². The molecule has 1 aromatic carbocycles. The summed E-state index contributed by atoms with van der Waals surface area (Å²) in [7, 11) is 0. The molecule has 1 aromatic rings. The highest BCUT2D eigenvalue weighted by Gasteiger charge is 2.26. The average molecular weight is 212 g/mol. The van der Waals surface area contributed by atoms with Crippen molar-refractivity contribution in [2.45, 2.75) is 25.2 Å². The SMILES string of the molecule is Cl.NCC1CCCC1c1ccccc1. The van der Waals surface area contributed by atoms with Crippen LogP contribution in [0.5, 0.6) is 0 Å². The molecule has 1 nitrogen and oxygen atoms in total. The Bertz CT molecular complexity index is 260. The van der Waals surface area contributed by atoms with Crippen molar-refractivity contribution in [1.82, 2.24) is 0 Å². The third-order valence-corrected chi connectivity index (χ3v) is 3.19. The Hall–Kier alpha value is -0.530. The van der Waals surface area contributed by atoms with E-state index in [1.54, 1.807) is 0 Å². The maximum absolute atomic E-state index is 5.76. The number of benzene rings is 1. The highest BCUT2D eigenvalue weighted by atomic mass is 35.5. The Balaban J connectivity index is 0.000000980. The second-order valence-corrected chi connectivity index (χ2v) is 3.94. The molecule has 0 amide bonds. The van der Waals surface area contributed by atoms with Crippen LogP contribution in [-0.4, -0.2) is 6.54 Å². The van der Waals surface area contributed by atoms with Crippen molar-refractivity contribution in [3.63, 3.8) is 0 Å². The zero-order valence-electron chi connectivity index (χ0n) is 8.36. The summed E-state index contributed by atoms with van der Waals surface area (Å²) in [6.45, 7) is 0.847. The van der Waals surface area contributed by atoms with E-state index in [0.29, 0.717) is 0 Å². The summed E-state index contributed by atoms with van der Waals surface area (Å²) < 4.78 is 0. The van der Waals surface area contributed by atoms with Gasteiger partial charge < -0.3 is 5.73 Å². The van der Waals surface area contributed by atoms with Crippen LogP contribution < -0.4 is 5.73 Å². The molecule has 0 aliphatic heterocycles. The van der Waals surface area contributed by atoms with Crippen molar-refractivity contribution in [3.8, 4) is 0 Å². The van der Waals surface area contributed by atoms with Crippen molar-refractivity contribution in [1.29, 1.82) is 0 Å². The standard InChI is InChI=1S/C12H17N.ClH/c13-9-11-7-4-8-12(11)10-5-2-1-3-6-10;/h1-3,5-6,11-12H,4,7-9,13H2;1H. The van der Waals surface area contributed by atoms with Gasteiger partial charge in [-0.25, -0.2) is 0 Å². The summed E-state index contributed by atoms with van der Waals surface area (Å²) in [5, 5.41) is 0. The van der Waals surface area contributed by atoms with Crippen LogP contribution >= 0.6 is 12.4 Å². The number of halogens is 1. The van der Waals surface area contributed by atoms with Gasteiger partial charge in [-0.05, 0) is 36.8 Å². The van der Waals surface area contributed by atoms with Crippen LogP contribution in [0.3, 0.4) is 0 Å². The molecule has 1 aliphatic rings. The van der Waals surface area contributed by atoms with Crippen LogP contribution in [0.25, 0.3) is 0 Å². The predicted molar refractivity (Wildman–Crippen MR) is 62.8 cm³/mol. The quantitative estimate of drug-likeness (QED) is 0.800. The first-order valence-corrected chi connectivity index (χ1v) is 5.17. The monoisotopic (exact) mass is 211 g/mol. The van der Waals surface area contributed by atoms with Crippen LogP contribution in [0.2, 0.25) is 0 Å². The van der Waals surface area contributed by atoms with Crippen LogP contribution in [0.4, 0.5) is 0 Å². The van der Waals surface area contributed by atoms with E-state index in [1.807, 2.05) is 0 Å². The lowest BCUT2D eigenvalue weighted by Crippen LogP contribution is -2.16. The predicted octanol–water partition coefficient (Wildman–Crippen LogP) is 2.95. The van der Waals surface area contributed by atoms with Gasteiger partial charge in [0, 0.05) is 0 Å². The van der Waals surface area contributed by atoms with Gasteiger partial charge in [0.25, 0.3) is 0 Å². The molecule has 1 saturated carbocycles. The first-order valence-electron chi connectivity index (χ1n) is 5.17. The Morgan fingerprint density at radius 1 is 1.14 bits per heavy atom. The van der Waals surface area contributed by atoms with Crippen molar-refractivity contribution < 1.29 is 0 Å². The van der Waals surface area contributed by atoms with Gasteiger partial charge in [0.2, 0.25) is 0 Å². The summed E-state index contributed by atoms with van der Waals surface area (Å²) in [5.41, 5.74) is 7.24. The summed E-state index contributed by atoms with van der Waals surface area (Å²) in [6, 6.07) is 10.8. The van der Waals surface area contributed by atoms with Crippen LogP contribution in [0.1, 0.15) is 30.7 Å². The first-order chi connectivity index (χ1) is 6.42. The Kier molecular flexibility index (Phi) is 4.43. The van der Waals surface area contributed by atoms with E-state index in [-0.39, 0.29) is 12.4 Å². The van der Waals surface area contributed by atoms with E-state index in [9.17, 15) is 0 Å².